The number of nitrogens with two attached hydrogens (primary N) is 1. The third kappa shape index (κ3) is 1.86. The number of rotatable bonds is 4. The third-order valence-corrected chi connectivity index (χ3v) is 2.08. The van der Waals surface area contributed by atoms with Gasteiger partial charge in [-0.05, 0) is 13.8 Å². The molecule has 1 aromatic rings. The molecule has 14 heavy (non-hydrogen) atoms. The van der Waals surface area contributed by atoms with Gasteiger partial charge in [0.05, 0.1) is 7.11 Å². The van der Waals surface area contributed by atoms with Crippen LogP contribution in [0.3, 0.4) is 0 Å². The van der Waals surface area contributed by atoms with Gasteiger partial charge in [0.1, 0.15) is 6.33 Å². The van der Waals surface area contributed by atoms with Gasteiger partial charge in [-0.25, -0.2) is 9.97 Å². The highest BCUT2D eigenvalue weighted by molar-refractivity contribution is 5.62. The maximum atomic E-state index is 5.68. The Morgan fingerprint density at radius 2 is 2.00 bits per heavy atom. The Bertz CT molecular complexity index is 299. The van der Waals surface area contributed by atoms with E-state index in [2.05, 4.69) is 28.7 Å². The van der Waals surface area contributed by atoms with Crippen molar-refractivity contribution in [1.29, 1.82) is 0 Å². The van der Waals surface area contributed by atoms with Crippen molar-refractivity contribution in [3.05, 3.63) is 6.33 Å². The summed E-state index contributed by atoms with van der Waals surface area (Å²) in [6.45, 7) is 5.84. The monoisotopic (exact) mass is 196 g/mol. The van der Waals surface area contributed by atoms with E-state index < -0.39 is 0 Å². The van der Waals surface area contributed by atoms with Crippen molar-refractivity contribution in [1.82, 2.24) is 9.97 Å². The molecule has 0 aliphatic carbocycles. The average molecular weight is 196 g/mol. The lowest BCUT2D eigenvalue weighted by atomic mass is 10.4. The number of hydrogen-bond donors (Lipinski definition) is 1. The molecule has 5 heteroatoms. The highest BCUT2D eigenvalue weighted by Gasteiger charge is 2.13. The Labute approximate surface area is 83.9 Å². The molecule has 0 amide bonds. The number of nitrogens with zero attached hydrogens (tertiary/aromatic N) is 3. The first-order chi connectivity index (χ1) is 6.74. The second-order valence-electron chi connectivity index (χ2n) is 2.79. The van der Waals surface area contributed by atoms with Crippen LogP contribution in [0.5, 0.6) is 5.75 Å². The quantitative estimate of drug-likeness (QED) is 0.775. The Kier molecular flexibility index (Phi) is 3.50. The van der Waals surface area contributed by atoms with Crippen LogP contribution in [0.1, 0.15) is 13.8 Å². The lowest BCUT2D eigenvalue weighted by molar-refractivity contribution is 0.413. The van der Waals surface area contributed by atoms with Crippen LogP contribution in [0.15, 0.2) is 6.33 Å². The lowest BCUT2D eigenvalue weighted by Gasteiger charge is -2.21. The molecule has 0 unspecified atom stereocenters. The maximum Gasteiger partial charge on any atom is 0.204 e. The fraction of sp³-hybridized carbons (Fsp3) is 0.556. The highest BCUT2D eigenvalue weighted by Crippen LogP contribution is 2.29. The summed E-state index contributed by atoms with van der Waals surface area (Å²) in [5.41, 5.74) is 5.68. The van der Waals surface area contributed by atoms with E-state index in [1.807, 2.05) is 0 Å². The lowest BCUT2D eigenvalue weighted by Crippen LogP contribution is -2.24. The largest absolute Gasteiger partial charge is 0.490 e. The topological polar surface area (TPSA) is 64.3 Å². The Morgan fingerprint density at radius 3 is 2.50 bits per heavy atom. The molecule has 0 bridgehead atoms. The minimum absolute atomic E-state index is 0.379. The van der Waals surface area contributed by atoms with Gasteiger partial charge in [-0.15, -0.1) is 0 Å². The minimum atomic E-state index is 0.379. The molecule has 0 saturated heterocycles. The normalized spacial score (nSPS) is 9.93. The number of anilines is 2. The molecule has 0 atom stereocenters. The van der Waals surface area contributed by atoms with E-state index in [4.69, 9.17) is 10.5 Å². The smallest absolute Gasteiger partial charge is 0.204 e. The SMILES string of the molecule is CCN(CC)c1ncnc(N)c1OC. The average Bonchev–Trinajstić information content (AvgIpc) is 2.20. The Hall–Kier alpha value is -1.52. The molecule has 2 N–H and O–H groups in total. The van der Waals surface area contributed by atoms with Gasteiger partial charge in [-0.3, -0.25) is 0 Å². The van der Waals surface area contributed by atoms with E-state index in [1.54, 1.807) is 7.11 Å². The van der Waals surface area contributed by atoms with Gasteiger partial charge in [0.15, 0.2) is 11.6 Å². The molecule has 0 fully saturated rings. The summed E-state index contributed by atoms with van der Waals surface area (Å²) in [4.78, 5) is 10.1. The molecule has 0 aliphatic heterocycles. The number of hydrogen-bond acceptors (Lipinski definition) is 5. The standard InChI is InChI=1S/C9H16N4O/c1-4-13(5-2)9-7(14-3)8(10)11-6-12-9/h6H,4-5H2,1-3H3,(H2,10,11,12). The Balaban J connectivity index is 3.11. The van der Waals surface area contributed by atoms with Crippen LogP contribution in [0.4, 0.5) is 11.6 Å². The van der Waals surface area contributed by atoms with Crippen LogP contribution in [0.25, 0.3) is 0 Å². The summed E-state index contributed by atoms with van der Waals surface area (Å²) in [6, 6.07) is 0. The van der Waals surface area contributed by atoms with Gasteiger partial charge in [0, 0.05) is 13.1 Å². The minimum Gasteiger partial charge on any atom is -0.490 e. The number of aromatic nitrogens is 2. The van der Waals surface area contributed by atoms with Gasteiger partial charge in [-0.1, -0.05) is 0 Å². The highest BCUT2D eigenvalue weighted by atomic mass is 16.5. The number of ether oxygens (including phenoxy) is 1. The Morgan fingerprint density at radius 1 is 1.36 bits per heavy atom. The molecule has 0 aromatic carbocycles. The molecule has 0 radical (unpaired) electrons. The summed E-state index contributed by atoms with van der Waals surface area (Å²) in [5, 5.41) is 0. The van der Waals surface area contributed by atoms with Gasteiger partial charge in [0.2, 0.25) is 5.75 Å². The predicted molar refractivity (Wildman–Crippen MR) is 56.6 cm³/mol. The van der Waals surface area contributed by atoms with E-state index in [9.17, 15) is 0 Å². The zero-order chi connectivity index (χ0) is 10.6. The zero-order valence-corrected chi connectivity index (χ0v) is 8.82. The van der Waals surface area contributed by atoms with Crippen LogP contribution >= 0.6 is 0 Å². The summed E-state index contributed by atoms with van der Waals surface area (Å²) in [7, 11) is 1.57. The van der Waals surface area contributed by atoms with Crippen molar-refractivity contribution in [2.24, 2.45) is 0 Å². The van der Waals surface area contributed by atoms with E-state index >= 15 is 0 Å². The molecule has 0 aliphatic rings. The number of nitrogen functional groups attached to an aromatic ring is 1. The van der Waals surface area contributed by atoms with Crippen LogP contribution in [-0.4, -0.2) is 30.2 Å². The molecule has 5 nitrogen and oxygen atoms in total. The second kappa shape index (κ2) is 4.64. The van der Waals surface area contributed by atoms with E-state index in [0.717, 1.165) is 18.9 Å². The molecule has 1 heterocycles. The van der Waals surface area contributed by atoms with Crippen LogP contribution in [0.2, 0.25) is 0 Å². The van der Waals surface area contributed by atoms with Crippen LogP contribution in [-0.2, 0) is 0 Å². The fourth-order valence-corrected chi connectivity index (χ4v) is 1.32. The fourth-order valence-electron chi connectivity index (χ4n) is 1.32. The molecular weight excluding hydrogens is 180 g/mol. The summed E-state index contributed by atoms with van der Waals surface area (Å²) in [6.07, 6.45) is 1.45. The van der Waals surface area contributed by atoms with Gasteiger partial charge in [-0.2, -0.15) is 0 Å². The molecule has 0 spiro atoms. The molecular formula is C9H16N4O. The van der Waals surface area contributed by atoms with E-state index in [1.165, 1.54) is 6.33 Å². The molecule has 0 saturated carbocycles. The van der Waals surface area contributed by atoms with Crippen LogP contribution in [0, 0.1) is 0 Å². The van der Waals surface area contributed by atoms with Crippen molar-refractivity contribution < 1.29 is 4.74 Å². The van der Waals surface area contributed by atoms with Crippen molar-refractivity contribution in [3.8, 4) is 5.75 Å². The maximum absolute atomic E-state index is 5.68. The second-order valence-corrected chi connectivity index (χ2v) is 2.79. The number of methoxy groups -OCH3 is 1. The van der Waals surface area contributed by atoms with Crippen molar-refractivity contribution in [2.75, 3.05) is 30.8 Å². The van der Waals surface area contributed by atoms with Gasteiger partial charge >= 0.3 is 0 Å². The zero-order valence-electron chi connectivity index (χ0n) is 8.82. The summed E-state index contributed by atoms with van der Waals surface area (Å²) in [5.74, 6) is 1.69. The summed E-state index contributed by atoms with van der Waals surface area (Å²) >= 11 is 0. The molecule has 78 valence electrons. The predicted octanol–water partition coefficient (Wildman–Crippen LogP) is 0.914. The van der Waals surface area contributed by atoms with Crippen molar-refractivity contribution >= 4 is 11.6 Å². The van der Waals surface area contributed by atoms with Crippen LogP contribution < -0.4 is 15.4 Å². The van der Waals surface area contributed by atoms with E-state index in [0.29, 0.717) is 11.6 Å². The van der Waals surface area contributed by atoms with E-state index in [-0.39, 0.29) is 0 Å². The van der Waals surface area contributed by atoms with Gasteiger partial charge < -0.3 is 15.4 Å². The van der Waals surface area contributed by atoms with Crippen molar-refractivity contribution in [3.63, 3.8) is 0 Å². The van der Waals surface area contributed by atoms with Gasteiger partial charge in [0.25, 0.3) is 0 Å². The first kappa shape index (κ1) is 10.6. The third-order valence-electron chi connectivity index (χ3n) is 2.08. The first-order valence-corrected chi connectivity index (χ1v) is 4.63. The van der Waals surface area contributed by atoms with Crippen molar-refractivity contribution in [2.45, 2.75) is 13.8 Å². The molecule has 1 rings (SSSR count). The molecule has 1 aromatic heterocycles. The first-order valence-electron chi connectivity index (χ1n) is 4.63. The summed E-state index contributed by atoms with van der Waals surface area (Å²) < 4.78 is 5.17.